The number of carbonyl (C=O) groups excluding carboxylic acids is 1. The van der Waals surface area contributed by atoms with Gasteiger partial charge in [0.05, 0.1) is 36.5 Å². The van der Waals surface area contributed by atoms with E-state index in [1.807, 2.05) is 29.3 Å². The highest BCUT2D eigenvalue weighted by atomic mass is 35.5. The molecule has 0 saturated carbocycles. The van der Waals surface area contributed by atoms with Gasteiger partial charge in [-0.3, -0.25) is 4.79 Å². The minimum Gasteiger partial charge on any atom is -0.383 e. The number of hydrogen-bond donors (Lipinski definition) is 2. The summed E-state index contributed by atoms with van der Waals surface area (Å²) in [5.74, 6) is 0.150. The van der Waals surface area contributed by atoms with E-state index >= 15 is 0 Å². The molecule has 0 atom stereocenters. The number of rotatable bonds is 5. The number of para-hydroxylation sites is 2. The van der Waals surface area contributed by atoms with Gasteiger partial charge in [-0.1, -0.05) is 12.1 Å². The first-order valence-corrected chi connectivity index (χ1v) is 9.11. The zero-order chi connectivity index (χ0) is 18.0. The number of methoxy groups -OCH3 is 1. The Morgan fingerprint density at radius 1 is 1.21 bits per heavy atom. The maximum Gasteiger partial charge on any atom is 0.253 e. The van der Waals surface area contributed by atoms with Gasteiger partial charge in [0.25, 0.3) is 5.91 Å². The first-order valence-electron chi connectivity index (χ1n) is 9.11. The molecule has 1 aromatic heterocycles. The Labute approximate surface area is 177 Å². The van der Waals surface area contributed by atoms with Gasteiger partial charge in [-0.2, -0.15) is 0 Å². The molecule has 1 amide bonds. The van der Waals surface area contributed by atoms with Gasteiger partial charge in [0.1, 0.15) is 5.54 Å². The van der Waals surface area contributed by atoms with E-state index < -0.39 is 5.54 Å². The van der Waals surface area contributed by atoms with Gasteiger partial charge in [0.15, 0.2) is 0 Å². The van der Waals surface area contributed by atoms with Crippen molar-refractivity contribution in [3.8, 4) is 0 Å². The van der Waals surface area contributed by atoms with E-state index in [4.69, 9.17) is 4.74 Å². The van der Waals surface area contributed by atoms with Crippen molar-refractivity contribution in [2.24, 2.45) is 0 Å². The summed E-state index contributed by atoms with van der Waals surface area (Å²) >= 11 is 0. The van der Waals surface area contributed by atoms with Crippen LogP contribution in [0.15, 0.2) is 36.8 Å². The minimum atomic E-state index is -0.517. The van der Waals surface area contributed by atoms with Crippen molar-refractivity contribution < 1.29 is 9.53 Å². The third-order valence-electron chi connectivity index (χ3n) is 5.34. The molecule has 2 N–H and O–H groups in total. The van der Waals surface area contributed by atoms with Crippen LogP contribution in [0.3, 0.4) is 0 Å². The highest BCUT2D eigenvalue weighted by molar-refractivity contribution is 6.07. The molecule has 0 radical (unpaired) electrons. The minimum absolute atomic E-state index is 0. The molecule has 4 rings (SSSR count). The van der Waals surface area contributed by atoms with Crippen molar-refractivity contribution in [2.45, 2.75) is 31.5 Å². The molecular formula is C19H27Cl2N5O2. The molecule has 7 nitrogen and oxygen atoms in total. The maximum absolute atomic E-state index is 13.5. The standard InChI is InChI=1S/C19H25N5O2.2ClH/c1-26-11-10-23-14-21-12-15(23)13-24-17-5-3-2-4-16(17)22-19(18(24)25)6-8-20-9-7-19;;/h2-5,12,14,20,22H,6-11,13H2,1H3;2*1H. The number of nitrogens with one attached hydrogen (secondary N) is 2. The summed E-state index contributed by atoms with van der Waals surface area (Å²) in [5, 5.41) is 6.90. The highest BCUT2D eigenvalue weighted by Crippen LogP contribution is 2.39. The Balaban J connectivity index is 0.00000140. The topological polar surface area (TPSA) is 71.4 Å². The van der Waals surface area contributed by atoms with Gasteiger partial charge in [0.2, 0.25) is 0 Å². The molecule has 1 saturated heterocycles. The van der Waals surface area contributed by atoms with E-state index in [1.54, 1.807) is 13.4 Å². The fraction of sp³-hybridized carbons (Fsp3) is 0.474. The number of aromatic nitrogens is 2. The average Bonchev–Trinajstić information content (AvgIpc) is 3.11. The lowest BCUT2D eigenvalue weighted by Crippen LogP contribution is -2.61. The molecule has 3 heterocycles. The molecule has 2 aliphatic heterocycles. The first-order chi connectivity index (χ1) is 12.7. The summed E-state index contributed by atoms with van der Waals surface area (Å²) in [7, 11) is 1.69. The van der Waals surface area contributed by atoms with Gasteiger partial charge in [-0.25, -0.2) is 4.98 Å². The average molecular weight is 428 g/mol. The van der Waals surface area contributed by atoms with Crippen LogP contribution >= 0.6 is 24.8 Å². The maximum atomic E-state index is 13.5. The Bertz CT molecular complexity index is 792. The second-order valence-electron chi connectivity index (χ2n) is 6.94. The van der Waals surface area contributed by atoms with E-state index in [2.05, 4.69) is 26.3 Å². The van der Waals surface area contributed by atoms with Gasteiger partial charge in [0, 0.05) is 19.9 Å². The van der Waals surface area contributed by atoms with Crippen molar-refractivity contribution in [2.75, 3.05) is 37.0 Å². The van der Waals surface area contributed by atoms with Crippen molar-refractivity contribution in [3.63, 3.8) is 0 Å². The molecule has 1 spiro atoms. The second kappa shape index (κ2) is 9.60. The number of hydrogen-bond acceptors (Lipinski definition) is 5. The number of anilines is 2. The molecule has 0 unspecified atom stereocenters. The van der Waals surface area contributed by atoms with E-state index in [-0.39, 0.29) is 30.7 Å². The van der Waals surface area contributed by atoms with E-state index in [9.17, 15) is 4.79 Å². The monoisotopic (exact) mass is 427 g/mol. The lowest BCUT2D eigenvalue weighted by Gasteiger charge is -2.45. The predicted molar refractivity (Wildman–Crippen MR) is 115 cm³/mol. The number of imidazole rings is 1. The zero-order valence-corrected chi connectivity index (χ0v) is 17.5. The summed E-state index contributed by atoms with van der Waals surface area (Å²) in [6.45, 7) is 3.55. The van der Waals surface area contributed by atoms with Crippen LogP contribution in [0, 0.1) is 0 Å². The predicted octanol–water partition coefficient (Wildman–Crippen LogP) is 2.45. The number of benzene rings is 1. The molecule has 28 heavy (non-hydrogen) atoms. The summed E-state index contributed by atoms with van der Waals surface area (Å²) in [4.78, 5) is 19.7. The highest BCUT2D eigenvalue weighted by Gasteiger charge is 2.46. The Hall–Kier alpha value is -1.80. The quantitative estimate of drug-likeness (QED) is 0.766. The van der Waals surface area contributed by atoms with Gasteiger partial charge in [-0.05, 0) is 38.1 Å². The van der Waals surface area contributed by atoms with Crippen LogP contribution in [0.4, 0.5) is 11.4 Å². The first kappa shape index (κ1) is 22.5. The lowest BCUT2D eigenvalue weighted by molar-refractivity contribution is -0.124. The van der Waals surface area contributed by atoms with Crippen molar-refractivity contribution in [3.05, 3.63) is 42.5 Å². The Morgan fingerprint density at radius 3 is 2.71 bits per heavy atom. The number of fused-ring (bicyclic) bond motifs is 1. The summed E-state index contributed by atoms with van der Waals surface area (Å²) in [6.07, 6.45) is 5.22. The zero-order valence-electron chi connectivity index (χ0n) is 15.9. The van der Waals surface area contributed by atoms with E-state index in [0.717, 1.165) is 49.5 Å². The third kappa shape index (κ3) is 4.12. The fourth-order valence-electron chi connectivity index (χ4n) is 3.88. The molecule has 0 aliphatic carbocycles. The van der Waals surface area contributed by atoms with E-state index in [1.165, 1.54) is 0 Å². The normalized spacial score (nSPS) is 17.3. The molecule has 1 fully saturated rings. The Kier molecular flexibility index (Phi) is 7.71. The molecule has 9 heteroatoms. The number of nitrogens with zero attached hydrogens (tertiary/aromatic N) is 3. The Morgan fingerprint density at radius 2 is 1.96 bits per heavy atom. The SMILES string of the molecule is COCCn1cncc1CN1C(=O)C2(CCNCC2)Nc2ccccc21.Cl.Cl. The summed E-state index contributed by atoms with van der Waals surface area (Å²) in [6, 6.07) is 8.05. The molecule has 154 valence electrons. The number of ether oxygens (including phenoxy) is 1. The molecule has 2 aromatic rings. The van der Waals surface area contributed by atoms with Crippen LogP contribution < -0.4 is 15.5 Å². The number of halogens is 2. The number of piperidine rings is 1. The van der Waals surface area contributed by atoms with Crippen LogP contribution in [0.5, 0.6) is 0 Å². The second-order valence-corrected chi connectivity index (χ2v) is 6.94. The van der Waals surface area contributed by atoms with Crippen molar-refractivity contribution >= 4 is 42.1 Å². The van der Waals surface area contributed by atoms with Gasteiger partial charge >= 0.3 is 0 Å². The number of amides is 1. The molecular weight excluding hydrogens is 401 g/mol. The third-order valence-corrected chi connectivity index (χ3v) is 5.34. The largest absolute Gasteiger partial charge is 0.383 e. The van der Waals surface area contributed by atoms with Crippen molar-refractivity contribution in [1.82, 2.24) is 14.9 Å². The molecule has 1 aromatic carbocycles. The van der Waals surface area contributed by atoms with Crippen LogP contribution in [0.2, 0.25) is 0 Å². The van der Waals surface area contributed by atoms with Gasteiger partial charge < -0.3 is 24.8 Å². The summed E-state index contributed by atoms with van der Waals surface area (Å²) in [5.41, 5.74) is 2.45. The van der Waals surface area contributed by atoms with Crippen LogP contribution in [0.25, 0.3) is 0 Å². The van der Waals surface area contributed by atoms with Crippen LogP contribution in [0.1, 0.15) is 18.5 Å². The van der Waals surface area contributed by atoms with Crippen LogP contribution in [-0.4, -0.2) is 47.8 Å². The smallest absolute Gasteiger partial charge is 0.253 e. The molecule has 2 aliphatic rings. The van der Waals surface area contributed by atoms with Gasteiger partial charge in [-0.15, -0.1) is 24.8 Å². The van der Waals surface area contributed by atoms with Crippen molar-refractivity contribution in [1.29, 1.82) is 0 Å². The fourth-order valence-corrected chi connectivity index (χ4v) is 3.88. The lowest BCUT2D eigenvalue weighted by atomic mass is 9.84. The van der Waals surface area contributed by atoms with E-state index in [0.29, 0.717) is 13.2 Å². The number of carbonyl (C=O) groups is 1. The summed E-state index contributed by atoms with van der Waals surface area (Å²) < 4.78 is 7.23. The van der Waals surface area contributed by atoms with Crippen LogP contribution in [-0.2, 0) is 22.6 Å². The molecule has 0 bridgehead atoms.